The highest BCUT2D eigenvalue weighted by atomic mass is 16.4. The van der Waals surface area contributed by atoms with Crippen molar-refractivity contribution in [2.45, 2.75) is 12.5 Å². The average Bonchev–Trinajstić information content (AvgIpc) is 2.87. The van der Waals surface area contributed by atoms with Crippen molar-refractivity contribution in [2.75, 3.05) is 4.90 Å². The molecule has 0 aliphatic carbocycles. The number of para-hydroxylation sites is 1. The van der Waals surface area contributed by atoms with E-state index in [1.165, 1.54) is 23.6 Å². The molecular formula is C14H11N3O3. The van der Waals surface area contributed by atoms with E-state index in [1.54, 1.807) is 12.1 Å². The van der Waals surface area contributed by atoms with E-state index in [9.17, 15) is 14.7 Å². The number of carboxylic acid groups (broad SMARTS) is 1. The van der Waals surface area contributed by atoms with Crippen LogP contribution in [0.3, 0.4) is 0 Å². The van der Waals surface area contributed by atoms with Gasteiger partial charge in [-0.2, -0.15) is 0 Å². The lowest BCUT2D eigenvalue weighted by Crippen LogP contribution is -2.42. The molecule has 6 nitrogen and oxygen atoms in total. The van der Waals surface area contributed by atoms with E-state index in [-0.39, 0.29) is 5.56 Å². The van der Waals surface area contributed by atoms with Crippen LogP contribution in [-0.2, 0) is 11.2 Å². The molecule has 1 aliphatic heterocycles. The Morgan fingerprint density at radius 1 is 1.20 bits per heavy atom. The van der Waals surface area contributed by atoms with Gasteiger partial charge in [0.25, 0.3) is 5.91 Å². The van der Waals surface area contributed by atoms with E-state index >= 15 is 0 Å². The van der Waals surface area contributed by atoms with Crippen LogP contribution in [0.2, 0.25) is 0 Å². The fourth-order valence-electron chi connectivity index (χ4n) is 2.38. The Hall–Kier alpha value is -2.76. The monoisotopic (exact) mass is 269 g/mol. The van der Waals surface area contributed by atoms with Crippen molar-refractivity contribution in [3.8, 4) is 0 Å². The molecule has 0 fully saturated rings. The first kappa shape index (κ1) is 12.3. The first-order valence-corrected chi connectivity index (χ1v) is 6.08. The van der Waals surface area contributed by atoms with Crippen molar-refractivity contribution in [2.24, 2.45) is 0 Å². The lowest BCUT2D eigenvalue weighted by Gasteiger charge is -2.22. The molecule has 1 atom stereocenters. The van der Waals surface area contributed by atoms with E-state index < -0.39 is 17.9 Å². The number of anilines is 1. The SMILES string of the molecule is O=C(O)C1Cc2ccccc2N1C(=O)c1cncnc1. The number of aromatic nitrogens is 2. The standard InChI is InChI=1S/C14H11N3O3/c18-13(10-6-15-8-16-7-10)17-11-4-2-1-3-9(11)5-12(17)14(19)20/h1-4,6-8,12H,5H2,(H,19,20). The van der Waals surface area contributed by atoms with Gasteiger partial charge in [0.2, 0.25) is 0 Å². The maximum atomic E-state index is 12.5. The molecule has 20 heavy (non-hydrogen) atoms. The summed E-state index contributed by atoms with van der Waals surface area (Å²) in [4.78, 5) is 32.8. The van der Waals surface area contributed by atoms with Crippen LogP contribution in [0.4, 0.5) is 5.69 Å². The summed E-state index contributed by atoms with van der Waals surface area (Å²) in [6.07, 6.45) is 4.40. The number of fused-ring (bicyclic) bond motifs is 1. The van der Waals surface area contributed by atoms with Crippen molar-refractivity contribution in [3.05, 3.63) is 54.1 Å². The van der Waals surface area contributed by atoms with Gasteiger partial charge >= 0.3 is 5.97 Å². The molecule has 100 valence electrons. The molecule has 2 heterocycles. The third-order valence-corrected chi connectivity index (χ3v) is 3.29. The number of rotatable bonds is 2. The number of carboxylic acids is 1. The molecule has 1 aromatic heterocycles. The molecule has 1 aromatic carbocycles. The van der Waals surface area contributed by atoms with Gasteiger partial charge in [-0.15, -0.1) is 0 Å². The van der Waals surface area contributed by atoms with Crippen LogP contribution in [0.1, 0.15) is 15.9 Å². The largest absolute Gasteiger partial charge is 0.480 e. The van der Waals surface area contributed by atoms with Crippen LogP contribution in [0.15, 0.2) is 43.0 Å². The molecule has 3 rings (SSSR count). The Kier molecular flexibility index (Phi) is 2.90. The second-order valence-corrected chi connectivity index (χ2v) is 4.49. The molecule has 6 heteroatoms. The number of amides is 1. The second kappa shape index (κ2) is 4.73. The topological polar surface area (TPSA) is 83.4 Å². The summed E-state index contributed by atoms with van der Waals surface area (Å²) in [7, 11) is 0. The fourth-order valence-corrected chi connectivity index (χ4v) is 2.38. The smallest absolute Gasteiger partial charge is 0.327 e. The normalized spacial score (nSPS) is 16.8. The van der Waals surface area contributed by atoms with Crippen molar-refractivity contribution in [3.63, 3.8) is 0 Å². The van der Waals surface area contributed by atoms with Gasteiger partial charge in [0.15, 0.2) is 0 Å². The summed E-state index contributed by atoms with van der Waals surface area (Å²) in [5, 5.41) is 9.33. The van der Waals surface area contributed by atoms with Crippen LogP contribution < -0.4 is 4.90 Å². The van der Waals surface area contributed by atoms with E-state index in [4.69, 9.17) is 0 Å². The Morgan fingerprint density at radius 3 is 2.60 bits per heavy atom. The molecule has 1 aliphatic rings. The molecule has 0 saturated carbocycles. The number of hydrogen-bond donors (Lipinski definition) is 1. The first-order chi connectivity index (χ1) is 9.68. The number of aliphatic carboxylic acids is 1. The molecule has 0 radical (unpaired) electrons. The van der Waals surface area contributed by atoms with Crippen LogP contribution in [-0.4, -0.2) is 33.0 Å². The summed E-state index contributed by atoms with van der Waals surface area (Å²) in [5.41, 5.74) is 1.76. The van der Waals surface area contributed by atoms with Gasteiger partial charge in [-0.05, 0) is 11.6 Å². The maximum absolute atomic E-state index is 12.5. The number of hydrogen-bond acceptors (Lipinski definition) is 4. The third-order valence-electron chi connectivity index (χ3n) is 3.29. The Morgan fingerprint density at radius 2 is 1.90 bits per heavy atom. The third kappa shape index (κ3) is 1.91. The van der Waals surface area contributed by atoms with Gasteiger partial charge in [0, 0.05) is 24.5 Å². The number of benzene rings is 1. The highest BCUT2D eigenvalue weighted by Gasteiger charge is 2.38. The Labute approximate surface area is 114 Å². The average molecular weight is 269 g/mol. The van der Waals surface area contributed by atoms with Crippen molar-refractivity contribution in [1.29, 1.82) is 0 Å². The minimum Gasteiger partial charge on any atom is -0.480 e. The highest BCUT2D eigenvalue weighted by molar-refractivity contribution is 6.10. The van der Waals surface area contributed by atoms with Crippen LogP contribution in [0.5, 0.6) is 0 Å². The fraction of sp³-hybridized carbons (Fsp3) is 0.143. The van der Waals surface area contributed by atoms with Crippen LogP contribution >= 0.6 is 0 Å². The summed E-state index contributed by atoms with van der Waals surface area (Å²) in [5.74, 6) is -1.42. The maximum Gasteiger partial charge on any atom is 0.327 e. The molecule has 1 amide bonds. The molecular weight excluding hydrogens is 258 g/mol. The molecule has 2 aromatic rings. The van der Waals surface area contributed by atoms with Crippen molar-refractivity contribution >= 4 is 17.6 Å². The summed E-state index contributed by atoms with van der Waals surface area (Å²) >= 11 is 0. The Bertz CT molecular complexity index is 672. The zero-order valence-electron chi connectivity index (χ0n) is 10.4. The van der Waals surface area contributed by atoms with Gasteiger partial charge in [-0.1, -0.05) is 18.2 Å². The van der Waals surface area contributed by atoms with Gasteiger partial charge in [-0.25, -0.2) is 14.8 Å². The minimum absolute atomic E-state index is 0.274. The van der Waals surface area contributed by atoms with Crippen molar-refractivity contribution in [1.82, 2.24) is 9.97 Å². The van der Waals surface area contributed by atoms with Crippen LogP contribution in [0.25, 0.3) is 0 Å². The van der Waals surface area contributed by atoms with Gasteiger partial charge < -0.3 is 5.11 Å². The zero-order valence-corrected chi connectivity index (χ0v) is 10.4. The quantitative estimate of drug-likeness (QED) is 0.883. The summed E-state index contributed by atoms with van der Waals surface area (Å²) < 4.78 is 0. The van der Waals surface area contributed by atoms with Crippen LogP contribution in [0, 0.1) is 0 Å². The lowest BCUT2D eigenvalue weighted by atomic mass is 10.1. The minimum atomic E-state index is -1.02. The van der Waals surface area contributed by atoms with Gasteiger partial charge in [0.1, 0.15) is 12.4 Å². The molecule has 0 saturated heterocycles. The number of carbonyl (C=O) groups excluding carboxylic acids is 1. The van der Waals surface area contributed by atoms with E-state index in [0.29, 0.717) is 12.1 Å². The predicted molar refractivity (Wildman–Crippen MR) is 70.4 cm³/mol. The highest BCUT2D eigenvalue weighted by Crippen LogP contribution is 2.33. The van der Waals surface area contributed by atoms with Gasteiger partial charge in [-0.3, -0.25) is 9.69 Å². The summed E-state index contributed by atoms with van der Waals surface area (Å²) in [6, 6.07) is 6.31. The lowest BCUT2D eigenvalue weighted by molar-refractivity contribution is -0.138. The van der Waals surface area contributed by atoms with E-state index in [2.05, 4.69) is 9.97 Å². The van der Waals surface area contributed by atoms with Gasteiger partial charge in [0.05, 0.1) is 5.56 Å². The molecule has 0 spiro atoms. The van der Waals surface area contributed by atoms with E-state index in [0.717, 1.165) is 5.56 Å². The molecule has 1 N–H and O–H groups in total. The number of carbonyl (C=O) groups is 2. The number of nitrogens with zero attached hydrogens (tertiary/aromatic N) is 3. The predicted octanol–water partition coefficient (Wildman–Crippen LogP) is 1.13. The van der Waals surface area contributed by atoms with Crippen molar-refractivity contribution < 1.29 is 14.7 Å². The second-order valence-electron chi connectivity index (χ2n) is 4.49. The summed E-state index contributed by atoms with van der Waals surface area (Å²) in [6.45, 7) is 0. The first-order valence-electron chi connectivity index (χ1n) is 6.08. The zero-order chi connectivity index (χ0) is 14.1. The molecule has 0 bridgehead atoms. The van der Waals surface area contributed by atoms with E-state index in [1.807, 2.05) is 12.1 Å². The molecule has 1 unspecified atom stereocenters. The Balaban J connectivity index is 2.05.